The van der Waals surface area contributed by atoms with Crippen LogP contribution in [0.3, 0.4) is 0 Å². The first-order valence-electron chi connectivity index (χ1n) is 10.2. The standard InChI is InChI=1S/C23H26N4O3/c28-14-13-26(11-12-27-21-4-2-1-3-19(21)16-24-27)22-9-7-18-15-17(5-8-20(18)22)6-10-23(29)25-30/h1-6,8,10,15-16,22,28,30H,7,9,11-14H2,(H,25,29)/b10-6+. The Hall–Kier alpha value is -3.00. The summed E-state index contributed by atoms with van der Waals surface area (Å²) >= 11 is 0. The van der Waals surface area contributed by atoms with Crippen LogP contribution in [0.25, 0.3) is 17.0 Å². The molecule has 0 radical (unpaired) electrons. The van der Waals surface area contributed by atoms with Crippen LogP contribution < -0.4 is 5.48 Å². The predicted molar refractivity (Wildman–Crippen MR) is 115 cm³/mol. The second-order valence-corrected chi connectivity index (χ2v) is 7.51. The first-order chi connectivity index (χ1) is 14.7. The number of aromatic nitrogens is 2. The van der Waals surface area contributed by atoms with Gasteiger partial charge in [0.25, 0.3) is 5.91 Å². The van der Waals surface area contributed by atoms with Gasteiger partial charge >= 0.3 is 0 Å². The van der Waals surface area contributed by atoms with Gasteiger partial charge in [0.15, 0.2) is 0 Å². The van der Waals surface area contributed by atoms with Crippen molar-refractivity contribution in [2.24, 2.45) is 0 Å². The van der Waals surface area contributed by atoms with E-state index in [2.05, 4.69) is 34.3 Å². The molecule has 1 aliphatic rings. The smallest absolute Gasteiger partial charge is 0.267 e. The van der Waals surface area contributed by atoms with Crippen molar-refractivity contribution < 1.29 is 15.1 Å². The van der Waals surface area contributed by atoms with E-state index in [0.717, 1.165) is 42.4 Å². The molecule has 3 aromatic rings. The van der Waals surface area contributed by atoms with Gasteiger partial charge in [0, 0.05) is 30.6 Å². The molecule has 0 bridgehead atoms. The van der Waals surface area contributed by atoms with E-state index in [1.54, 1.807) is 11.6 Å². The van der Waals surface area contributed by atoms with Crippen molar-refractivity contribution in [3.63, 3.8) is 0 Å². The molecule has 1 aromatic heterocycles. The van der Waals surface area contributed by atoms with E-state index in [1.807, 2.05) is 29.1 Å². The molecule has 7 heteroatoms. The van der Waals surface area contributed by atoms with Gasteiger partial charge in [-0.2, -0.15) is 5.10 Å². The number of hydrogen-bond acceptors (Lipinski definition) is 5. The minimum absolute atomic E-state index is 0.114. The zero-order valence-electron chi connectivity index (χ0n) is 16.7. The first kappa shape index (κ1) is 20.3. The molecule has 7 nitrogen and oxygen atoms in total. The zero-order valence-corrected chi connectivity index (χ0v) is 16.7. The van der Waals surface area contributed by atoms with Gasteiger partial charge in [-0.25, -0.2) is 5.48 Å². The van der Waals surface area contributed by atoms with Gasteiger partial charge in [0.05, 0.1) is 24.9 Å². The molecule has 3 N–H and O–H groups in total. The Labute approximate surface area is 175 Å². The molecule has 156 valence electrons. The maximum Gasteiger partial charge on any atom is 0.267 e. The number of rotatable bonds is 8. The monoisotopic (exact) mass is 406 g/mol. The molecule has 30 heavy (non-hydrogen) atoms. The highest BCUT2D eigenvalue weighted by atomic mass is 16.5. The first-order valence-corrected chi connectivity index (χ1v) is 10.2. The number of carbonyl (C=O) groups excluding carboxylic acids is 1. The summed E-state index contributed by atoms with van der Waals surface area (Å²) in [5.41, 5.74) is 6.18. The molecular formula is C23H26N4O3. The quantitative estimate of drug-likeness (QED) is 0.304. The average Bonchev–Trinajstić information content (AvgIpc) is 3.39. The lowest BCUT2D eigenvalue weighted by Crippen LogP contribution is -2.33. The Morgan fingerprint density at radius 2 is 2.13 bits per heavy atom. The lowest BCUT2D eigenvalue weighted by molar-refractivity contribution is -0.124. The highest BCUT2D eigenvalue weighted by molar-refractivity contribution is 5.90. The molecule has 1 amide bonds. The number of nitrogens with zero attached hydrogens (tertiary/aromatic N) is 3. The minimum Gasteiger partial charge on any atom is -0.395 e. The van der Waals surface area contributed by atoms with Crippen molar-refractivity contribution in [3.05, 3.63) is 71.4 Å². The second kappa shape index (κ2) is 9.21. The molecule has 0 saturated heterocycles. The molecule has 0 fully saturated rings. The highest BCUT2D eigenvalue weighted by Gasteiger charge is 2.27. The number of para-hydroxylation sites is 1. The number of aryl methyl sites for hydroxylation is 1. The number of aliphatic hydroxyl groups is 1. The van der Waals surface area contributed by atoms with Crippen LogP contribution in [0.2, 0.25) is 0 Å². The lowest BCUT2D eigenvalue weighted by atomic mass is 10.0. The minimum atomic E-state index is -0.548. The molecule has 1 atom stereocenters. The van der Waals surface area contributed by atoms with Gasteiger partial charge in [-0.05, 0) is 41.7 Å². The van der Waals surface area contributed by atoms with Crippen LogP contribution in [0.5, 0.6) is 0 Å². The summed E-state index contributed by atoms with van der Waals surface area (Å²) in [5.74, 6) is -0.548. The number of hydroxylamine groups is 1. The third-order valence-electron chi connectivity index (χ3n) is 5.73. The number of fused-ring (bicyclic) bond motifs is 2. The summed E-state index contributed by atoms with van der Waals surface area (Å²) in [6.45, 7) is 2.29. The molecule has 1 unspecified atom stereocenters. The SMILES string of the molecule is O=C(/C=C/c1ccc2c(c1)CCC2N(CCO)CCn1ncc2ccccc21)NO. The summed E-state index contributed by atoms with van der Waals surface area (Å²) in [6, 6.07) is 14.6. The predicted octanol–water partition coefficient (Wildman–Crippen LogP) is 2.54. The molecule has 1 aliphatic carbocycles. The fourth-order valence-electron chi connectivity index (χ4n) is 4.29. The molecule has 0 saturated carbocycles. The largest absolute Gasteiger partial charge is 0.395 e. The van der Waals surface area contributed by atoms with Crippen molar-refractivity contribution in [2.45, 2.75) is 25.4 Å². The number of nitrogens with one attached hydrogen (secondary N) is 1. The van der Waals surface area contributed by atoms with Gasteiger partial charge in [-0.3, -0.25) is 19.6 Å². The van der Waals surface area contributed by atoms with E-state index in [9.17, 15) is 9.90 Å². The van der Waals surface area contributed by atoms with Crippen LogP contribution in [0.1, 0.15) is 29.2 Å². The number of aliphatic hydroxyl groups excluding tert-OH is 1. The van der Waals surface area contributed by atoms with E-state index in [4.69, 9.17) is 5.21 Å². The van der Waals surface area contributed by atoms with Crippen molar-refractivity contribution in [3.8, 4) is 0 Å². The Morgan fingerprint density at radius 1 is 1.27 bits per heavy atom. The molecule has 1 heterocycles. The van der Waals surface area contributed by atoms with Crippen LogP contribution in [0.4, 0.5) is 0 Å². The van der Waals surface area contributed by atoms with E-state index < -0.39 is 5.91 Å². The third kappa shape index (κ3) is 4.28. The average molecular weight is 406 g/mol. The fourth-order valence-corrected chi connectivity index (χ4v) is 4.29. The van der Waals surface area contributed by atoms with E-state index in [1.165, 1.54) is 17.2 Å². The van der Waals surface area contributed by atoms with Crippen LogP contribution >= 0.6 is 0 Å². The lowest BCUT2D eigenvalue weighted by Gasteiger charge is -2.29. The fraction of sp³-hybridized carbons (Fsp3) is 0.304. The Kier molecular flexibility index (Phi) is 6.23. The normalized spacial score (nSPS) is 15.9. The second-order valence-electron chi connectivity index (χ2n) is 7.51. The van der Waals surface area contributed by atoms with Crippen LogP contribution in [-0.4, -0.2) is 50.6 Å². The van der Waals surface area contributed by atoms with Gasteiger partial charge in [-0.1, -0.05) is 36.4 Å². The third-order valence-corrected chi connectivity index (χ3v) is 5.73. The number of carbonyl (C=O) groups is 1. The number of benzene rings is 2. The van der Waals surface area contributed by atoms with Gasteiger partial charge in [0.1, 0.15) is 0 Å². The highest BCUT2D eigenvalue weighted by Crippen LogP contribution is 2.36. The van der Waals surface area contributed by atoms with Gasteiger partial charge in [-0.15, -0.1) is 0 Å². The van der Waals surface area contributed by atoms with E-state index in [0.29, 0.717) is 6.54 Å². The Balaban J connectivity index is 1.49. The van der Waals surface area contributed by atoms with E-state index >= 15 is 0 Å². The van der Waals surface area contributed by atoms with Crippen molar-refractivity contribution in [1.29, 1.82) is 0 Å². The van der Waals surface area contributed by atoms with Gasteiger partial charge in [0.2, 0.25) is 0 Å². The topological polar surface area (TPSA) is 90.6 Å². The summed E-state index contributed by atoms with van der Waals surface area (Å²) in [4.78, 5) is 13.5. The molecular weight excluding hydrogens is 380 g/mol. The van der Waals surface area contributed by atoms with Crippen molar-refractivity contribution >= 4 is 22.9 Å². The molecule has 2 aromatic carbocycles. The maximum atomic E-state index is 11.2. The van der Waals surface area contributed by atoms with Crippen LogP contribution in [0.15, 0.2) is 54.7 Å². The van der Waals surface area contributed by atoms with Crippen LogP contribution in [0, 0.1) is 0 Å². The van der Waals surface area contributed by atoms with Crippen molar-refractivity contribution in [1.82, 2.24) is 20.2 Å². The Morgan fingerprint density at radius 3 is 2.97 bits per heavy atom. The maximum absolute atomic E-state index is 11.2. The molecule has 0 aliphatic heterocycles. The van der Waals surface area contributed by atoms with Crippen LogP contribution in [-0.2, 0) is 17.8 Å². The number of amides is 1. The molecule has 4 rings (SSSR count). The summed E-state index contributed by atoms with van der Waals surface area (Å²) < 4.78 is 2.02. The number of hydrogen-bond donors (Lipinski definition) is 3. The van der Waals surface area contributed by atoms with Crippen molar-refractivity contribution in [2.75, 3.05) is 19.7 Å². The zero-order chi connectivity index (χ0) is 20.9. The summed E-state index contributed by atoms with van der Waals surface area (Å²) in [5, 5.41) is 23.9. The van der Waals surface area contributed by atoms with E-state index in [-0.39, 0.29) is 12.6 Å². The van der Waals surface area contributed by atoms with Gasteiger partial charge < -0.3 is 5.11 Å². The summed E-state index contributed by atoms with van der Waals surface area (Å²) in [7, 11) is 0. The Bertz CT molecular complexity index is 1060. The summed E-state index contributed by atoms with van der Waals surface area (Å²) in [6.07, 6.45) is 6.84. The molecule has 0 spiro atoms.